The zero-order valence-electron chi connectivity index (χ0n) is 13.6. The first-order valence-electron chi connectivity index (χ1n) is 8.43. The summed E-state index contributed by atoms with van der Waals surface area (Å²) in [6.45, 7) is 1.41. The lowest BCUT2D eigenvalue weighted by molar-refractivity contribution is -0.147. The molecule has 2 aliphatic heterocycles. The van der Waals surface area contributed by atoms with Crippen LogP contribution in [-0.2, 0) is 9.59 Å². The molecule has 2 fully saturated rings. The van der Waals surface area contributed by atoms with Crippen molar-refractivity contribution in [2.75, 3.05) is 20.1 Å². The van der Waals surface area contributed by atoms with E-state index >= 15 is 0 Å². The average molecular weight is 315 g/mol. The number of nitrogens with two attached hydrogens (primary N) is 1. The van der Waals surface area contributed by atoms with Gasteiger partial charge in [-0.25, -0.2) is 0 Å². The van der Waals surface area contributed by atoms with Crippen molar-refractivity contribution in [3.8, 4) is 0 Å². The van der Waals surface area contributed by atoms with Crippen molar-refractivity contribution in [1.29, 1.82) is 0 Å². The molecule has 1 aromatic rings. The molecular weight excluding hydrogens is 290 g/mol. The van der Waals surface area contributed by atoms with E-state index in [0.29, 0.717) is 19.4 Å². The Balaban J connectivity index is 1.86. The first kappa shape index (κ1) is 16.0. The molecule has 5 nitrogen and oxygen atoms in total. The van der Waals surface area contributed by atoms with Gasteiger partial charge in [0, 0.05) is 32.6 Å². The number of likely N-dealkylation sites (tertiary alicyclic amines) is 2. The number of rotatable bonds is 2. The molecule has 124 valence electrons. The van der Waals surface area contributed by atoms with E-state index in [-0.39, 0.29) is 29.8 Å². The van der Waals surface area contributed by atoms with Crippen molar-refractivity contribution in [2.45, 2.75) is 37.8 Å². The van der Waals surface area contributed by atoms with Crippen molar-refractivity contribution < 1.29 is 9.59 Å². The number of piperidine rings is 2. The van der Waals surface area contributed by atoms with Crippen LogP contribution in [0.25, 0.3) is 0 Å². The summed E-state index contributed by atoms with van der Waals surface area (Å²) in [7, 11) is 1.81. The predicted molar refractivity (Wildman–Crippen MR) is 88.5 cm³/mol. The summed E-state index contributed by atoms with van der Waals surface area (Å²) in [5, 5.41) is 0. The molecule has 0 radical (unpaired) electrons. The van der Waals surface area contributed by atoms with Gasteiger partial charge >= 0.3 is 0 Å². The molecule has 2 amide bonds. The van der Waals surface area contributed by atoms with Gasteiger partial charge in [-0.05, 0) is 24.8 Å². The zero-order valence-corrected chi connectivity index (χ0v) is 13.6. The molecule has 2 saturated heterocycles. The fraction of sp³-hybridized carbons (Fsp3) is 0.556. The predicted octanol–water partition coefficient (Wildman–Crippen LogP) is 1.55. The fourth-order valence-electron chi connectivity index (χ4n) is 3.85. The van der Waals surface area contributed by atoms with Crippen molar-refractivity contribution in [1.82, 2.24) is 9.80 Å². The molecule has 0 aliphatic carbocycles. The average Bonchev–Trinajstić information content (AvgIpc) is 2.57. The van der Waals surface area contributed by atoms with E-state index in [9.17, 15) is 9.59 Å². The van der Waals surface area contributed by atoms with E-state index in [2.05, 4.69) is 0 Å². The Morgan fingerprint density at radius 1 is 1.22 bits per heavy atom. The molecule has 2 aliphatic rings. The highest BCUT2D eigenvalue weighted by atomic mass is 16.2. The van der Waals surface area contributed by atoms with E-state index in [1.54, 1.807) is 11.9 Å². The van der Waals surface area contributed by atoms with Crippen LogP contribution in [0.2, 0.25) is 0 Å². The third-order valence-electron chi connectivity index (χ3n) is 5.09. The smallest absolute Gasteiger partial charge is 0.228 e. The zero-order chi connectivity index (χ0) is 16.4. The van der Waals surface area contributed by atoms with Crippen LogP contribution in [0.3, 0.4) is 0 Å². The lowest BCUT2D eigenvalue weighted by atomic mass is 9.83. The first-order chi connectivity index (χ1) is 11.1. The van der Waals surface area contributed by atoms with Crippen LogP contribution in [0.5, 0.6) is 0 Å². The molecular formula is C18H25N3O2. The molecule has 0 bridgehead atoms. The minimum absolute atomic E-state index is 0.0748. The van der Waals surface area contributed by atoms with E-state index < -0.39 is 0 Å². The van der Waals surface area contributed by atoms with Gasteiger partial charge in [-0.2, -0.15) is 0 Å². The molecule has 3 atom stereocenters. The summed E-state index contributed by atoms with van der Waals surface area (Å²) in [5.41, 5.74) is 7.06. The number of carbonyl (C=O) groups is 2. The van der Waals surface area contributed by atoms with Crippen LogP contribution in [0, 0.1) is 5.92 Å². The van der Waals surface area contributed by atoms with E-state index in [1.165, 1.54) is 0 Å². The summed E-state index contributed by atoms with van der Waals surface area (Å²) in [6.07, 6.45) is 3.00. The molecule has 0 spiro atoms. The fourth-order valence-corrected chi connectivity index (χ4v) is 3.85. The number of hydrogen-bond acceptors (Lipinski definition) is 3. The van der Waals surface area contributed by atoms with Crippen LogP contribution < -0.4 is 5.73 Å². The van der Waals surface area contributed by atoms with Crippen molar-refractivity contribution in [3.63, 3.8) is 0 Å². The summed E-state index contributed by atoms with van der Waals surface area (Å²) in [4.78, 5) is 28.9. The second-order valence-electron chi connectivity index (χ2n) is 6.69. The third-order valence-corrected chi connectivity index (χ3v) is 5.09. The molecule has 3 rings (SSSR count). The van der Waals surface area contributed by atoms with Gasteiger partial charge in [0.15, 0.2) is 0 Å². The van der Waals surface area contributed by atoms with Gasteiger partial charge in [-0.3, -0.25) is 9.59 Å². The lowest BCUT2D eigenvalue weighted by Crippen LogP contribution is -2.52. The van der Waals surface area contributed by atoms with Crippen LogP contribution in [0.4, 0.5) is 0 Å². The summed E-state index contributed by atoms with van der Waals surface area (Å²) in [6, 6.07) is 9.77. The normalized spacial score (nSPS) is 28.8. The van der Waals surface area contributed by atoms with Gasteiger partial charge in [0.2, 0.25) is 11.8 Å². The van der Waals surface area contributed by atoms with Gasteiger partial charge < -0.3 is 15.5 Å². The minimum Gasteiger partial charge on any atom is -0.341 e. The minimum atomic E-state index is -0.178. The van der Waals surface area contributed by atoms with Crippen LogP contribution >= 0.6 is 0 Å². The molecule has 2 heterocycles. The molecule has 1 aromatic carbocycles. The first-order valence-corrected chi connectivity index (χ1v) is 8.43. The van der Waals surface area contributed by atoms with E-state index in [0.717, 1.165) is 24.9 Å². The maximum absolute atomic E-state index is 13.1. The lowest BCUT2D eigenvalue weighted by Gasteiger charge is -2.42. The summed E-state index contributed by atoms with van der Waals surface area (Å²) >= 11 is 0. The Morgan fingerprint density at radius 3 is 2.65 bits per heavy atom. The number of nitrogens with zero attached hydrogens (tertiary/aromatic N) is 2. The third kappa shape index (κ3) is 3.24. The number of amides is 2. The Hall–Kier alpha value is -1.88. The molecule has 0 saturated carbocycles. The van der Waals surface area contributed by atoms with Gasteiger partial charge in [0.1, 0.15) is 0 Å². The van der Waals surface area contributed by atoms with E-state index in [4.69, 9.17) is 5.73 Å². The van der Waals surface area contributed by atoms with Gasteiger partial charge in [0.25, 0.3) is 0 Å². The van der Waals surface area contributed by atoms with Gasteiger partial charge in [-0.1, -0.05) is 30.3 Å². The summed E-state index contributed by atoms with van der Waals surface area (Å²) in [5.74, 6) is 0.0806. The Morgan fingerprint density at radius 2 is 1.96 bits per heavy atom. The molecule has 3 unspecified atom stereocenters. The molecule has 2 N–H and O–H groups in total. The highest BCUT2D eigenvalue weighted by molar-refractivity contribution is 5.85. The largest absolute Gasteiger partial charge is 0.341 e. The second kappa shape index (κ2) is 6.71. The number of hydrogen-bond donors (Lipinski definition) is 1. The maximum Gasteiger partial charge on any atom is 0.228 e. The number of benzene rings is 1. The molecule has 0 aromatic heterocycles. The molecule has 5 heteroatoms. The SMILES string of the molecule is CN1C(=O)CCC(C(=O)N2CCCC(N)C2)C1c1ccccc1. The standard InChI is InChI=1S/C18H25N3O2/c1-20-16(22)10-9-15(17(20)13-6-3-2-4-7-13)18(23)21-11-5-8-14(19)12-21/h2-4,6-7,14-15,17H,5,8-12,19H2,1H3. The maximum atomic E-state index is 13.1. The summed E-state index contributed by atoms with van der Waals surface area (Å²) < 4.78 is 0. The molecule has 23 heavy (non-hydrogen) atoms. The highest BCUT2D eigenvalue weighted by Gasteiger charge is 2.41. The van der Waals surface area contributed by atoms with Crippen LogP contribution in [-0.4, -0.2) is 47.8 Å². The Labute approximate surface area is 137 Å². The Bertz CT molecular complexity index is 575. The van der Waals surface area contributed by atoms with Crippen LogP contribution in [0.15, 0.2) is 30.3 Å². The van der Waals surface area contributed by atoms with Gasteiger partial charge in [0.05, 0.1) is 12.0 Å². The topological polar surface area (TPSA) is 66.6 Å². The van der Waals surface area contributed by atoms with E-state index in [1.807, 2.05) is 35.2 Å². The van der Waals surface area contributed by atoms with Crippen molar-refractivity contribution in [2.24, 2.45) is 11.7 Å². The van der Waals surface area contributed by atoms with Crippen LogP contribution in [0.1, 0.15) is 37.3 Å². The number of carbonyl (C=O) groups excluding carboxylic acids is 2. The monoisotopic (exact) mass is 315 g/mol. The Kier molecular flexibility index (Phi) is 4.66. The quantitative estimate of drug-likeness (QED) is 0.900. The second-order valence-corrected chi connectivity index (χ2v) is 6.69. The van der Waals surface area contributed by atoms with Crippen molar-refractivity contribution >= 4 is 11.8 Å². The highest BCUT2D eigenvalue weighted by Crippen LogP contribution is 2.37. The van der Waals surface area contributed by atoms with Gasteiger partial charge in [-0.15, -0.1) is 0 Å². The van der Waals surface area contributed by atoms with Crippen molar-refractivity contribution in [3.05, 3.63) is 35.9 Å².